The fourth-order valence-electron chi connectivity index (χ4n) is 1.68. The molecule has 0 spiro atoms. The van der Waals surface area contributed by atoms with Gasteiger partial charge in [-0.15, -0.1) is 0 Å². The predicted octanol–water partition coefficient (Wildman–Crippen LogP) is 1.56. The van der Waals surface area contributed by atoms with Gasteiger partial charge in [-0.3, -0.25) is 0 Å². The molecule has 0 atom stereocenters. The Morgan fingerprint density at radius 3 is 2.11 bits per heavy atom. The van der Waals surface area contributed by atoms with E-state index in [2.05, 4.69) is 0 Å². The van der Waals surface area contributed by atoms with E-state index in [1.54, 1.807) is 7.05 Å². The van der Waals surface area contributed by atoms with Gasteiger partial charge in [-0.05, 0) is 17.0 Å². The maximum absolute atomic E-state index is 12.0. The van der Waals surface area contributed by atoms with Crippen LogP contribution in [0.5, 0.6) is 0 Å². The quantitative estimate of drug-likeness (QED) is 0.853. The summed E-state index contributed by atoms with van der Waals surface area (Å²) in [6.07, 6.45) is 0. The monoisotopic (exact) mass is 270 g/mol. The zero-order valence-corrected chi connectivity index (χ0v) is 12.1. The summed E-state index contributed by atoms with van der Waals surface area (Å²) in [5.41, 5.74) is 7.54. The molecule has 1 rings (SSSR count). The molecule has 102 valence electrons. The van der Waals surface area contributed by atoms with Crippen LogP contribution >= 0.6 is 0 Å². The molecule has 5 heteroatoms. The Kier molecular flexibility index (Phi) is 5.31. The molecule has 0 aromatic heterocycles. The van der Waals surface area contributed by atoms with E-state index in [4.69, 9.17) is 5.73 Å². The van der Waals surface area contributed by atoms with Gasteiger partial charge in [0.1, 0.15) is 0 Å². The molecule has 0 fully saturated rings. The van der Waals surface area contributed by atoms with Crippen molar-refractivity contribution in [1.29, 1.82) is 0 Å². The first kappa shape index (κ1) is 15.1. The van der Waals surface area contributed by atoms with Crippen molar-refractivity contribution in [3.8, 4) is 0 Å². The van der Waals surface area contributed by atoms with Crippen molar-refractivity contribution in [2.45, 2.75) is 26.9 Å². The van der Waals surface area contributed by atoms with Crippen LogP contribution in [-0.2, 0) is 23.1 Å². The van der Waals surface area contributed by atoms with Crippen LogP contribution in [0.3, 0.4) is 0 Å². The lowest BCUT2D eigenvalue weighted by Crippen LogP contribution is -2.30. The van der Waals surface area contributed by atoms with Crippen LogP contribution in [0.2, 0.25) is 0 Å². The molecule has 0 aliphatic heterocycles. The van der Waals surface area contributed by atoms with Crippen LogP contribution < -0.4 is 5.73 Å². The summed E-state index contributed by atoms with van der Waals surface area (Å²) in [7, 11) is -1.55. The van der Waals surface area contributed by atoms with Crippen molar-refractivity contribution in [3.63, 3.8) is 0 Å². The summed E-state index contributed by atoms with van der Waals surface area (Å²) in [5.74, 6) is 0.321. The summed E-state index contributed by atoms with van der Waals surface area (Å²) in [6.45, 7) is 4.71. The minimum absolute atomic E-state index is 0.136. The van der Waals surface area contributed by atoms with Crippen LogP contribution in [0.25, 0.3) is 0 Å². The van der Waals surface area contributed by atoms with Crippen molar-refractivity contribution < 1.29 is 8.42 Å². The number of hydrogen-bond donors (Lipinski definition) is 1. The zero-order chi connectivity index (χ0) is 13.8. The van der Waals surface area contributed by atoms with Crippen LogP contribution in [0.4, 0.5) is 0 Å². The van der Waals surface area contributed by atoms with Crippen LogP contribution in [0, 0.1) is 5.92 Å². The van der Waals surface area contributed by atoms with E-state index >= 15 is 0 Å². The van der Waals surface area contributed by atoms with E-state index in [0.29, 0.717) is 13.1 Å². The zero-order valence-electron chi connectivity index (χ0n) is 11.3. The van der Waals surface area contributed by atoms with Crippen molar-refractivity contribution in [2.24, 2.45) is 11.7 Å². The summed E-state index contributed by atoms with van der Waals surface area (Å²) in [5, 5.41) is 0. The van der Waals surface area contributed by atoms with E-state index in [9.17, 15) is 8.42 Å². The molecule has 2 N–H and O–H groups in total. The first-order valence-electron chi connectivity index (χ1n) is 6.07. The highest BCUT2D eigenvalue weighted by Gasteiger charge is 2.19. The van der Waals surface area contributed by atoms with Gasteiger partial charge in [0.05, 0.1) is 5.75 Å². The maximum Gasteiger partial charge on any atom is 0.214 e. The second kappa shape index (κ2) is 6.31. The van der Waals surface area contributed by atoms with Gasteiger partial charge >= 0.3 is 0 Å². The molecule has 0 bridgehead atoms. The van der Waals surface area contributed by atoms with Gasteiger partial charge in [-0.1, -0.05) is 38.1 Å². The minimum atomic E-state index is -3.16. The number of rotatable bonds is 6. The van der Waals surface area contributed by atoms with E-state index in [0.717, 1.165) is 11.1 Å². The number of hydrogen-bond acceptors (Lipinski definition) is 3. The van der Waals surface area contributed by atoms with Gasteiger partial charge in [0.25, 0.3) is 0 Å². The Bertz CT molecular complexity index is 466. The van der Waals surface area contributed by atoms with E-state index < -0.39 is 10.0 Å². The Hall–Kier alpha value is -0.910. The second-order valence-corrected chi connectivity index (χ2v) is 7.07. The first-order chi connectivity index (χ1) is 8.35. The average Bonchev–Trinajstić information content (AvgIpc) is 2.28. The third kappa shape index (κ3) is 4.40. The number of nitrogens with two attached hydrogens (primary N) is 1. The summed E-state index contributed by atoms with van der Waals surface area (Å²) >= 11 is 0. The lowest BCUT2D eigenvalue weighted by Gasteiger charge is -2.18. The Labute approximate surface area is 110 Å². The molecular formula is C13H22N2O2S. The molecular weight excluding hydrogens is 248 g/mol. The van der Waals surface area contributed by atoms with Crippen LogP contribution in [-0.4, -0.2) is 25.5 Å². The molecule has 1 aromatic carbocycles. The normalized spacial score (nSPS) is 12.3. The van der Waals surface area contributed by atoms with Gasteiger partial charge < -0.3 is 5.73 Å². The molecule has 0 aliphatic carbocycles. The van der Waals surface area contributed by atoms with Crippen molar-refractivity contribution >= 4 is 10.0 Å². The molecule has 0 saturated carbocycles. The molecule has 0 heterocycles. The van der Waals surface area contributed by atoms with Crippen molar-refractivity contribution in [3.05, 3.63) is 35.4 Å². The lowest BCUT2D eigenvalue weighted by atomic mass is 10.1. The molecule has 1 aromatic rings. The molecule has 0 radical (unpaired) electrons. The Balaban J connectivity index is 2.71. The van der Waals surface area contributed by atoms with Crippen molar-refractivity contribution in [1.82, 2.24) is 4.31 Å². The fraction of sp³-hybridized carbons (Fsp3) is 0.538. The molecule has 18 heavy (non-hydrogen) atoms. The van der Waals surface area contributed by atoms with Gasteiger partial charge in [0.15, 0.2) is 0 Å². The average molecular weight is 270 g/mol. The smallest absolute Gasteiger partial charge is 0.214 e. The molecule has 0 aliphatic rings. The maximum atomic E-state index is 12.0. The van der Waals surface area contributed by atoms with Crippen LogP contribution in [0.1, 0.15) is 25.0 Å². The fourth-order valence-corrected chi connectivity index (χ4v) is 3.13. The standard InChI is InChI=1S/C13H22N2O2S/c1-11(2)10-18(16,17)15(3)9-13-6-4-12(8-14)5-7-13/h4-7,11H,8-10,14H2,1-3H3. The number of nitrogens with zero attached hydrogens (tertiary/aromatic N) is 1. The summed E-state index contributed by atoms with van der Waals surface area (Å²) in [6, 6.07) is 7.70. The Morgan fingerprint density at radius 1 is 1.17 bits per heavy atom. The van der Waals surface area contributed by atoms with Gasteiger partial charge in [-0.25, -0.2) is 12.7 Å². The topological polar surface area (TPSA) is 63.4 Å². The third-order valence-corrected chi connectivity index (χ3v) is 4.85. The third-order valence-electron chi connectivity index (χ3n) is 2.68. The van der Waals surface area contributed by atoms with Crippen molar-refractivity contribution in [2.75, 3.05) is 12.8 Å². The highest BCUT2D eigenvalue weighted by Crippen LogP contribution is 2.11. The predicted molar refractivity (Wildman–Crippen MR) is 74.4 cm³/mol. The van der Waals surface area contributed by atoms with E-state index in [-0.39, 0.29) is 11.7 Å². The van der Waals surface area contributed by atoms with E-state index in [1.165, 1.54) is 4.31 Å². The molecule has 0 unspecified atom stereocenters. The van der Waals surface area contributed by atoms with Gasteiger partial charge in [0, 0.05) is 20.1 Å². The van der Waals surface area contributed by atoms with Crippen LogP contribution in [0.15, 0.2) is 24.3 Å². The SMILES string of the molecule is CC(C)CS(=O)(=O)N(C)Cc1ccc(CN)cc1. The first-order valence-corrected chi connectivity index (χ1v) is 7.68. The summed E-state index contributed by atoms with van der Waals surface area (Å²) in [4.78, 5) is 0. The molecule has 0 amide bonds. The molecule has 0 saturated heterocycles. The molecule has 4 nitrogen and oxygen atoms in total. The summed E-state index contributed by atoms with van der Waals surface area (Å²) < 4.78 is 25.4. The minimum Gasteiger partial charge on any atom is -0.326 e. The largest absolute Gasteiger partial charge is 0.326 e. The van der Waals surface area contributed by atoms with Gasteiger partial charge in [-0.2, -0.15) is 0 Å². The lowest BCUT2D eigenvalue weighted by molar-refractivity contribution is 0.460. The second-order valence-electron chi connectivity index (χ2n) is 4.95. The number of sulfonamides is 1. The number of benzene rings is 1. The van der Waals surface area contributed by atoms with E-state index in [1.807, 2.05) is 38.1 Å². The van der Waals surface area contributed by atoms with Gasteiger partial charge in [0.2, 0.25) is 10.0 Å². The highest BCUT2D eigenvalue weighted by molar-refractivity contribution is 7.89. The Morgan fingerprint density at radius 2 is 1.67 bits per heavy atom. The highest BCUT2D eigenvalue weighted by atomic mass is 32.2.